The van der Waals surface area contributed by atoms with Crippen molar-refractivity contribution < 1.29 is 35.8 Å². The molecule has 248 valence electrons. The molecule has 0 aromatic heterocycles. The molecule has 0 radical (unpaired) electrons. The summed E-state index contributed by atoms with van der Waals surface area (Å²) in [5, 5.41) is 58.7. The Kier molecular flexibility index (Phi) is 8.26. The van der Waals surface area contributed by atoms with Gasteiger partial charge in [0.05, 0.1) is 23.3 Å². The molecule has 14 heteroatoms. The van der Waals surface area contributed by atoms with E-state index in [1.807, 2.05) is 24.3 Å². The highest BCUT2D eigenvalue weighted by Crippen LogP contribution is 2.60. The van der Waals surface area contributed by atoms with Crippen LogP contribution >= 0.6 is 0 Å². The van der Waals surface area contributed by atoms with Crippen LogP contribution in [0.1, 0.15) is 33.4 Å². The summed E-state index contributed by atoms with van der Waals surface area (Å²) in [6.45, 7) is 0. The zero-order valence-corrected chi connectivity index (χ0v) is 25.7. The third-order valence-electron chi connectivity index (χ3n) is 8.11. The molecule has 8 nitrogen and oxygen atoms in total. The van der Waals surface area contributed by atoms with Crippen LogP contribution in [0.3, 0.4) is 0 Å². The molecule has 0 saturated carbocycles. The molecular formula is C38H12F6N6O2. The van der Waals surface area contributed by atoms with E-state index in [0.29, 0.717) is 0 Å². The Bertz CT molecular complexity index is 2410. The molecule has 0 N–H and O–H groups in total. The minimum atomic E-state index is -5.13. The number of nitrogens with zero attached hydrogens (tertiary/aromatic N) is 6. The molecule has 0 bridgehead atoms. The number of fused-ring (bicyclic) bond motifs is 4. The molecule has 0 amide bonds. The summed E-state index contributed by atoms with van der Waals surface area (Å²) in [5.41, 5.74) is 0.309. The van der Waals surface area contributed by atoms with Crippen molar-refractivity contribution in [2.45, 2.75) is 12.7 Å². The van der Waals surface area contributed by atoms with Crippen LogP contribution in [-0.2, 0) is 0 Å². The number of allylic oxidation sites excluding steroid dienone is 6. The normalized spacial score (nSPS) is 12.5. The third kappa shape index (κ3) is 5.90. The van der Waals surface area contributed by atoms with Gasteiger partial charge in [-0.2, -0.15) is 31.6 Å². The quantitative estimate of drug-likeness (QED) is 0.151. The fourth-order valence-corrected chi connectivity index (χ4v) is 6.20. The number of ether oxygens (including phenoxy) is 2. The van der Waals surface area contributed by atoms with E-state index in [4.69, 9.17) is 0 Å². The van der Waals surface area contributed by atoms with E-state index in [0.717, 1.165) is 12.1 Å². The van der Waals surface area contributed by atoms with Crippen LogP contribution in [0.2, 0.25) is 0 Å². The van der Waals surface area contributed by atoms with Crippen molar-refractivity contribution >= 4 is 22.3 Å². The van der Waals surface area contributed by atoms with Crippen molar-refractivity contribution in [3.05, 3.63) is 117 Å². The number of rotatable bonds is 4. The van der Waals surface area contributed by atoms with Crippen LogP contribution in [-0.4, -0.2) is 12.7 Å². The number of halogens is 6. The molecule has 52 heavy (non-hydrogen) atoms. The van der Waals surface area contributed by atoms with E-state index in [1.54, 1.807) is 12.1 Å². The minimum absolute atomic E-state index is 0.0448. The van der Waals surface area contributed by atoms with E-state index in [2.05, 4.69) is 9.47 Å². The molecule has 4 aromatic rings. The van der Waals surface area contributed by atoms with Crippen LogP contribution in [0.5, 0.6) is 11.5 Å². The summed E-state index contributed by atoms with van der Waals surface area (Å²) in [6.07, 6.45) is -10.3. The Morgan fingerprint density at radius 3 is 1.10 bits per heavy atom. The molecule has 0 unspecified atom stereocenters. The van der Waals surface area contributed by atoms with Gasteiger partial charge in [0, 0.05) is 33.4 Å². The Labute approximate surface area is 289 Å². The average Bonchev–Trinajstić information content (AvgIpc) is 3.60. The van der Waals surface area contributed by atoms with E-state index in [1.165, 1.54) is 60.7 Å². The maximum Gasteiger partial charge on any atom is 0.573 e. The topological polar surface area (TPSA) is 161 Å². The average molecular weight is 699 g/mol. The summed E-state index contributed by atoms with van der Waals surface area (Å²) < 4.78 is 89.0. The molecule has 0 fully saturated rings. The zero-order valence-electron chi connectivity index (χ0n) is 25.7. The number of nitriles is 6. The number of benzene rings is 4. The lowest BCUT2D eigenvalue weighted by atomic mass is 9.87. The molecule has 0 heterocycles. The maximum absolute atomic E-state index is 13.4. The van der Waals surface area contributed by atoms with Gasteiger partial charge in [0.25, 0.3) is 0 Å². The number of hydrogen-bond donors (Lipinski definition) is 0. The van der Waals surface area contributed by atoms with E-state index >= 15 is 0 Å². The monoisotopic (exact) mass is 698 g/mol. The van der Waals surface area contributed by atoms with Gasteiger partial charge in [-0.05, 0) is 81.9 Å². The highest BCUT2D eigenvalue weighted by Gasteiger charge is 2.41. The highest BCUT2D eigenvalue weighted by atomic mass is 19.4. The molecule has 2 aliphatic carbocycles. The Morgan fingerprint density at radius 2 is 0.788 bits per heavy atom. The van der Waals surface area contributed by atoms with Gasteiger partial charge in [0.1, 0.15) is 46.9 Å². The first-order valence-electron chi connectivity index (χ1n) is 14.5. The predicted molar refractivity (Wildman–Crippen MR) is 170 cm³/mol. The number of hydrogen-bond acceptors (Lipinski definition) is 8. The Morgan fingerprint density at radius 1 is 0.442 bits per heavy atom. The largest absolute Gasteiger partial charge is 0.573 e. The fraction of sp³-hybridized carbons (Fsp3) is 0.0526. The molecule has 0 spiro atoms. The second-order valence-corrected chi connectivity index (χ2v) is 11.0. The molecular weight excluding hydrogens is 686 g/mol. The van der Waals surface area contributed by atoms with Gasteiger partial charge >= 0.3 is 12.7 Å². The summed E-state index contributed by atoms with van der Waals surface area (Å²) in [6, 6.07) is 26.1. The molecule has 2 aliphatic rings. The Balaban J connectivity index is 1.67. The standard InChI is InChI=1S/C38H12F6N6O2/c39-37(40,41)51-31-9-19(13-45)1-5-25(31)21-3-7-27-29(11-21)35-34(24(17-49)18-50)28-8-4-22(12-30(28)36(35)33(27)23(15-47)16-48)26-6-2-20(14-46)10-32(26)52-38(42,43)44/h1-12H. The van der Waals surface area contributed by atoms with Crippen molar-refractivity contribution in [3.8, 4) is 70.2 Å². The Hall–Kier alpha value is -7.78. The third-order valence-corrected chi connectivity index (χ3v) is 8.11. The smallest absolute Gasteiger partial charge is 0.405 e. The second kappa shape index (κ2) is 12.6. The minimum Gasteiger partial charge on any atom is -0.405 e. The van der Waals surface area contributed by atoms with Crippen LogP contribution in [0.4, 0.5) is 26.3 Å². The second-order valence-electron chi connectivity index (χ2n) is 11.0. The molecule has 0 saturated heterocycles. The van der Waals surface area contributed by atoms with Gasteiger partial charge < -0.3 is 9.47 Å². The van der Waals surface area contributed by atoms with Crippen LogP contribution in [0.15, 0.2) is 83.9 Å². The van der Waals surface area contributed by atoms with Gasteiger partial charge in [0.15, 0.2) is 0 Å². The summed E-state index contributed by atoms with van der Waals surface area (Å²) in [7, 11) is 0. The SMILES string of the molecule is N#CC(C#N)=C1C2=C(C(=C(C#N)C#N)c3ccc(-c4ccc(C#N)cc4OC(F)(F)F)cc32)c2cc(-c3ccc(C#N)cc3OC(F)(F)F)ccc21. The van der Waals surface area contributed by atoms with E-state index in [9.17, 15) is 57.9 Å². The molecule has 0 atom stereocenters. The lowest BCUT2D eigenvalue weighted by molar-refractivity contribution is -0.275. The summed E-state index contributed by atoms with van der Waals surface area (Å²) >= 11 is 0. The molecule has 4 aromatic carbocycles. The zero-order chi connectivity index (χ0) is 37.5. The van der Waals surface area contributed by atoms with Gasteiger partial charge in [-0.15, -0.1) is 26.3 Å². The lowest BCUT2D eigenvalue weighted by Crippen LogP contribution is -2.17. The first kappa shape index (κ1) is 34.1. The van der Waals surface area contributed by atoms with Gasteiger partial charge in [-0.3, -0.25) is 0 Å². The van der Waals surface area contributed by atoms with Crippen LogP contribution in [0.25, 0.3) is 44.5 Å². The van der Waals surface area contributed by atoms with Gasteiger partial charge in [-0.1, -0.05) is 24.3 Å². The maximum atomic E-state index is 13.4. The van der Waals surface area contributed by atoms with Crippen molar-refractivity contribution in [1.82, 2.24) is 0 Å². The highest BCUT2D eigenvalue weighted by molar-refractivity contribution is 6.38. The first-order chi connectivity index (χ1) is 24.7. The first-order valence-corrected chi connectivity index (χ1v) is 14.5. The van der Waals surface area contributed by atoms with Crippen molar-refractivity contribution in [3.63, 3.8) is 0 Å². The summed E-state index contributed by atoms with van der Waals surface area (Å²) in [5.74, 6) is -1.40. The van der Waals surface area contributed by atoms with E-state index < -0.39 is 35.4 Å². The predicted octanol–water partition coefficient (Wildman–Crippen LogP) is 9.10. The van der Waals surface area contributed by atoms with Crippen LogP contribution < -0.4 is 9.47 Å². The van der Waals surface area contributed by atoms with Gasteiger partial charge in [0.2, 0.25) is 0 Å². The van der Waals surface area contributed by atoms with Crippen LogP contribution in [0, 0.1) is 68.0 Å². The molecule has 0 aliphatic heterocycles. The van der Waals surface area contributed by atoms with Crippen molar-refractivity contribution in [2.24, 2.45) is 0 Å². The molecule has 6 rings (SSSR count). The van der Waals surface area contributed by atoms with E-state index in [-0.39, 0.29) is 77.9 Å². The van der Waals surface area contributed by atoms with Gasteiger partial charge in [-0.25, -0.2) is 0 Å². The summed E-state index contributed by atoms with van der Waals surface area (Å²) in [4.78, 5) is 0. The number of alkyl halides is 6. The van der Waals surface area contributed by atoms with Crippen molar-refractivity contribution in [1.29, 1.82) is 31.6 Å². The fourth-order valence-electron chi connectivity index (χ4n) is 6.20. The lowest BCUT2D eigenvalue weighted by Gasteiger charge is -2.17. The van der Waals surface area contributed by atoms with Crippen molar-refractivity contribution in [2.75, 3.05) is 0 Å².